The quantitative estimate of drug-likeness (QED) is 0.642. The summed E-state index contributed by atoms with van der Waals surface area (Å²) in [6.45, 7) is 0. The third-order valence-electron chi connectivity index (χ3n) is 2.07. The highest BCUT2D eigenvalue weighted by atomic mass is 35.5. The highest BCUT2D eigenvalue weighted by Crippen LogP contribution is 2.30. The minimum Gasteiger partial charge on any atom is -0.299 e. The van der Waals surface area contributed by atoms with E-state index in [1.807, 2.05) is 0 Å². The maximum absolute atomic E-state index is 11.1. The van der Waals surface area contributed by atoms with Gasteiger partial charge in [0.15, 0.2) is 4.77 Å². The van der Waals surface area contributed by atoms with Crippen molar-refractivity contribution in [1.29, 1.82) is 0 Å². The summed E-state index contributed by atoms with van der Waals surface area (Å²) in [6.07, 6.45) is 1.52. The Hall–Kier alpha value is -0.810. The molecular formula is C10H5Cl3N2OS. The van der Waals surface area contributed by atoms with Crippen LogP contribution >= 0.6 is 47.0 Å². The Bertz CT molecular complexity index is 693. The molecule has 1 N–H and O–H groups in total. The van der Waals surface area contributed by atoms with Crippen molar-refractivity contribution in [1.82, 2.24) is 9.55 Å². The largest absolute Gasteiger partial charge is 0.299 e. The molecular weight excluding hydrogens is 303 g/mol. The molecule has 0 unspecified atom stereocenters. The maximum Gasteiger partial charge on any atom is 0.251 e. The van der Waals surface area contributed by atoms with Crippen LogP contribution in [0.1, 0.15) is 0 Å². The summed E-state index contributed by atoms with van der Waals surface area (Å²) < 4.78 is 1.78. The minimum atomic E-state index is -0.276. The molecule has 1 aromatic carbocycles. The summed E-state index contributed by atoms with van der Waals surface area (Å²) in [6, 6.07) is 4.45. The molecule has 0 bridgehead atoms. The topological polar surface area (TPSA) is 37.8 Å². The lowest BCUT2D eigenvalue weighted by Crippen LogP contribution is -2.10. The third kappa shape index (κ3) is 2.55. The van der Waals surface area contributed by atoms with Crippen molar-refractivity contribution < 1.29 is 0 Å². The smallest absolute Gasteiger partial charge is 0.251 e. The average molecular weight is 308 g/mol. The fourth-order valence-electron chi connectivity index (χ4n) is 1.30. The van der Waals surface area contributed by atoms with Crippen LogP contribution in [-0.2, 0) is 0 Å². The molecule has 0 aliphatic heterocycles. The highest BCUT2D eigenvalue weighted by Gasteiger charge is 2.08. The van der Waals surface area contributed by atoms with Gasteiger partial charge in [-0.25, -0.2) is 0 Å². The van der Waals surface area contributed by atoms with Gasteiger partial charge in [0.1, 0.15) is 0 Å². The summed E-state index contributed by atoms with van der Waals surface area (Å²) >= 11 is 22.8. The van der Waals surface area contributed by atoms with E-state index in [9.17, 15) is 4.79 Å². The zero-order chi connectivity index (χ0) is 12.6. The number of hydrogen-bond acceptors (Lipinski definition) is 2. The van der Waals surface area contributed by atoms with Gasteiger partial charge >= 0.3 is 0 Å². The van der Waals surface area contributed by atoms with Crippen LogP contribution < -0.4 is 5.56 Å². The molecule has 0 amide bonds. The van der Waals surface area contributed by atoms with Crippen LogP contribution in [0.3, 0.4) is 0 Å². The standard InChI is InChI=1S/C10H5Cl3N2OS/c11-5-3-7(13)8(4-6(5)12)15-2-1-9(16)14-10(15)17/h1-4H,(H,14,16,17). The Balaban J connectivity index is 2.73. The van der Waals surface area contributed by atoms with Crippen molar-refractivity contribution in [3.63, 3.8) is 0 Å². The number of rotatable bonds is 1. The number of hydrogen-bond donors (Lipinski definition) is 1. The predicted octanol–water partition coefficient (Wildman–Crippen LogP) is 3.86. The fraction of sp³-hybridized carbons (Fsp3) is 0. The highest BCUT2D eigenvalue weighted by molar-refractivity contribution is 7.71. The van der Waals surface area contributed by atoms with Crippen LogP contribution in [0.2, 0.25) is 15.1 Å². The van der Waals surface area contributed by atoms with Crippen LogP contribution in [0.25, 0.3) is 5.69 Å². The van der Waals surface area contributed by atoms with E-state index in [2.05, 4.69) is 4.98 Å². The Morgan fingerprint density at radius 3 is 2.41 bits per heavy atom. The van der Waals surface area contributed by atoms with E-state index < -0.39 is 0 Å². The van der Waals surface area contributed by atoms with Gasteiger partial charge in [-0.3, -0.25) is 14.3 Å². The van der Waals surface area contributed by atoms with Crippen LogP contribution in [0.5, 0.6) is 0 Å². The number of H-pyrrole nitrogens is 1. The summed E-state index contributed by atoms with van der Waals surface area (Å²) in [4.78, 5) is 13.6. The van der Waals surface area contributed by atoms with E-state index >= 15 is 0 Å². The number of benzene rings is 1. The van der Waals surface area contributed by atoms with Crippen molar-refractivity contribution >= 4 is 47.0 Å². The third-order valence-corrected chi connectivity index (χ3v) is 3.40. The second kappa shape index (κ2) is 4.82. The Morgan fingerprint density at radius 2 is 1.76 bits per heavy atom. The van der Waals surface area contributed by atoms with Gasteiger partial charge < -0.3 is 0 Å². The maximum atomic E-state index is 11.1. The Kier molecular flexibility index (Phi) is 3.58. The van der Waals surface area contributed by atoms with Crippen molar-refractivity contribution in [2.45, 2.75) is 0 Å². The summed E-state index contributed by atoms with van der Waals surface area (Å²) in [5.74, 6) is 0. The van der Waals surface area contributed by atoms with Gasteiger partial charge in [0.05, 0.1) is 20.8 Å². The molecule has 0 aliphatic rings. The molecule has 0 atom stereocenters. The number of halogens is 3. The molecule has 0 aliphatic carbocycles. The SMILES string of the molecule is O=c1ccn(-c2cc(Cl)c(Cl)cc2Cl)c(=S)[nH]1. The Labute approximate surface area is 117 Å². The van der Waals surface area contributed by atoms with Gasteiger partial charge in [0.25, 0.3) is 5.56 Å². The van der Waals surface area contributed by atoms with Gasteiger partial charge in [0.2, 0.25) is 0 Å². The molecule has 17 heavy (non-hydrogen) atoms. The van der Waals surface area contributed by atoms with E-state index in [1.165, 1.54) is 18.3 Å². The molecule has 2 rings (SSSR count). The first-order valence-electron chi connectivity index (χ1n) is 4.46. The van der Waals surface area contributed by atoms with E-state index in [-0.39, 0.29) is 10.3 Å². The lowest BCUT2D eigenvalue weighted by atomic mass is 10.3. The van der Waals surface area contributed by atoms with E-state index in [4.69, 9.17) is 47.0 Å². The first kappa shape index (κ1) is 12.6. The van der Waals surface area contributed by atoms with Gasteiger partial charge in [0, 0.05) is 12.3 Å². The molecule has 0 saturated heterocycles. The monoisotopic (exact) mass is 306 g/mol. The van der Waals surface area contributed by atoms with Crippen LogP contribution in [0.4, 0.5) is 0 Å². The second-order valence-electron chi connectivity index (χ2n) is 3.20. The molecule has 0 spiro atoms. The first-order valence-corrected chi connectivity index (χ1v) is 6.00. The molecule has 0 fully saturated rings. The van der Waals surface area contributed by atoms with Gasteiger partial charge in [-0.1, -0.05) is 34.8 Å². The zero-order valence-corrected chi connectivity index (χ0v) is 11.3. The Morgan fingerprint density at radius 1 is 1.12 bits per heavy atom. The molecule has 2 aromatic rings. The van der Waals surface area contributed by atoms with Gasteiger partial charge in [-0.15, -0.1) is 0 Å². The van der Waals surface area contributed by atoms with Crippen LogP contribution in [-0.4, -0.2) is 9.55 Å². The summed E-state index contributed by atoms with van der Waals surface area (Å²) in [5, 5.41) is 1.11. The van der Waals surface area contributed by atoms with Crippen molar-refractivity contribution in [2.24, 2.45) is 0 Å². The first-order chi connectivity index (χ1) is 7.99. The zero-order valence-electron chi connectivity index (χ0n) is 8.21. The number of nitrogens with zero attached hydrogens (tertiary/aromatic N) is 1. The number of nitrogens with one attached hydrogen (secondary N) is 1. The molecule has 88 valence electrons. The number of aromatic nitrogens is 2. The fourth-order valence-corrected chi connectivity index (χ4v) is 2.20. The van der Waals surface area contributed by atoms with Gasteiger partial charge in [-0.05, 0) is 24.4 Å². The van der Waals surface area contributed by atoms with E-state index in [0.29, 0.717) is 20.8 Å². The van der Waals surface area contributed by atoms with Crippen LogP contribution in [0, 0.1) is 4.77 Å². The molecule has 0 radical (unpaired) electrons. The number of aromatic amines is 1. The van der Waals surface area contributed by atoms with E-state index in [1.54, 1.807) is 10.6 Å². The molecule has 7 heteroatoms. The summed E-state index contributed by atoms with van der Waals surface area (Å²) in [7, 11) is 0. The van der Waals surface area contributed by atoms with Gasteiger partial charge in [-0.2, -0.15) is 0 Å². The second-order valence-corrected chi connectivity index (χ2v) is 4.81. The minimum absolute atomic E-state index is 0.234. The van der Waals surface area contributed by atoms with Crippen molar-refractivity contribution in [3.8, 4) is 5.69 Å². The predicted molar refractivity (Wildman–Crippen MR) is 72.3 cm³/mol. The molecule has 0 saturated carbocycles. The lowest BCUT2D eigenvalue weighted by molar-refractivity contribution is 0.937. The normalized spacial score (nSPS) is 10.5. The molecule has 3 nitrogen and oxygen atoms in total. The summed E-state index contributed by atoms with van der Waals surface area (Å²) in [5.41, 5.74) is 0.282. The molecule has 1 heterocycles. The van der Waals surface area contributed by atoms with E-state index in [0.717, 1.165) is 0 Å². The van der Waals surface area contributed by atoms with Crippen molar-refractivity contribution in [3.05, 3.63) is 54.6 Å². The lowest BCUT2D eigenvalue weighted by Gasteiger charge is -2.09. The average Bonchev–Trinajstić information content (AvgIpc) is 2.24. The van der Waals surface area contributed by atoms with Crippen LogP contribution in [0.15, 0.2) is 29.2 Å². The van der Waals surface area contributed by atoms with Crippen molar-refractivity contribution in [2.75, 3.05) is 0 Å². The molecule has 1 aromatic heterocycles.